The highest BCUT2D eigenvalue weighted by Gasteiger charge is 2.22. The molecule has 2 heteroatoms. The van der Waals surface area contributed by atoms with Crippen LogP contribution in [0.2, 0.25) is 0 Å². The fourth-order valence-corrected chi connectivity index (χ4v) is 3.89. The third-order valence-corrected chi connectivity index (χ3v) is 5.29. The second-order valence-electron chi connectivity index (χ2n) is 5.52. The Morgan fingerprint density at radius 3 is 2.60 bits per heavy atom. The molecule has 0 radical (unpaired) electrons. The zero-order valence-electron chi connectivity index (χ0n) is 12.3. The first-order valence-corrected chi connectivity index (χ1v) is 7.97. The van der Waals surface area contributed by atoms with Gasteiger partial charge in [0.2, 0.25) is 0 Å². The number of hydrogen-bond acceptors (Lipinski definition) is 2. The highest BCUT2D eigenvalue weighted by molar-refractivity contribution is 8.00. The van der Waals surface area contributed by atoms with Gasteiger partial charge in [0, 0.05) is 10.1 Å². The molecule has 0 saturated carbocycles. The molecule has 1 aliphatic heterocycles. The largest absolute Gasteiger partial charge is 0.492 e. The van der Waals surface area contributed by atoms with Gasteiger partial charge in [0.1, 0.15) is 12.4 Å². The van der Waals surface area contributed by atoms with E-state index in [9.17, 15) is 0 Å². The molecule has 1 unspecified atom stereocenters. The minimum atomic E-state index is 0.534. The van der Waals surface area contributed by atoms with Crippen molar-refractivity contribution in [2.45, 2.75) is 37.3 Å². The first-order chi connectivity index (χ1) is 9.65. The number of fused-ring (bicyclic) bond motifs is 1. The number of ether oxygens (including phenoxy) is 1. The Labute approximate surface area is 125 Å². The summed E-state index contributed by atoms with van der Waals surface area (Å²) in [6.07, 6.45) is 1.12. The second-order valence-corrected chi connectivity index (χ2v) is 6.86. The van der Waals surface area contributed by atoms with Crippen molar-refractivity contribution >= 4 is 11.8 Å². The molecule has 0 bridgehead atoms. The average molecular weight is 284 g/mol. The molecule has 20 heavy (non-hydrogen) atoms. The standard InChI is InChI=1S/C18H20OS/c1-12-8-9-13(2)18(14(12)3)19-11-16-10-15-6-4-5-7-17(15)20-16/h4-9,16H,10-11H2,1-3H3. The van der Waals surface area contributed by atoms with Crippen LogP contribution in [0.5, 0.6) is 5.75 Å². The normalized spacial score (nSPS) is 17.1. The predicted molar refractivity (Wildman–Crippen MR) is 85.9 cm³/mol. The van der Waals surface area contributed by atoms with Crippen LogP contribution in [0.3, 0.4) is 0 Å². The molecule has 0 N–H and O–H groups in total. The SMILES string of the molecule is Cc1ccc(C)c(OCC2Cc3ccccc3S2)c1C. The van der Waals surface area contributed by atoms with Crippen molar-refractivity contribution in [2.24, 2.45) is 0 Å². The summed E-state index contributed by atoms with van der Waals surface area (Å²) in [7, 11) is 0. The maximum Gasteiger partial charge on any atom is 0.125 e. The Balaban J connectivity index is 1.69. The van der Waals surface area contributed by atoms with Crippen LogP contribution in [0.25, 0.3) is 0 Å². The van der Waals surface area contributed by atoms with Gasteiger partial charge >= 0.3 is 0 Å². The van der Waals surface area contributed by atoms with Crippen LogP contribution in [0, 0.1) is 20.8 Å². The Kier molecular flexibility index (Phi) is 3.75. The van der Waals surface area contributed by atoms with E-state index in [2.05, 4.69) is 57.2 Å². The van der Waals surface area contributed by atoms with Crippen molar-refractivity contribution < 1.29 is 4.74 Å². The van der Waals surface area contributed by atoms with Crippen molar-refractivity contribution in [2.75, 3.05) is 6.61 Å². The molecule has 1 nitrogen and oxygen atoms in total. The molecule has 2 aromatic carbocycles. The van der Waals surface area contributed by atoms with E-state index >= 15 is 0 Å². The molecule has 2 aromatic rings. The molecule has 3 rings (SSSR count). The Morgan fingerprint density at radius 2 is 1.80 bits per heavy atom. The Bertz CT molecular complexity index is 608. The van der Waals surface area contributed by atoms with Gasteiger partial charge in [-0.25, -0.2) is 0 Å². The van der Waals surface area contributed by atoms with Crippen LogP contribution in [0.15, 0.2) is 41.3 Å². The maximum absolute atomic E-state index is 6.14. The van der Waals surface area contributed by atoms with E-state index in [0.717, 1.165) is 18.8 Å². The maximum atomic E-state index is 6.14. The van der Waals surface area contributed by atoms with Crippen LogP contribution in [-0.4, -0.2) is 11.9 Å². The van der Waals surface area contributed by atoms with Crippen molar-refractivity contribution in [3.63, 3.8) is 0 Å². The Morgan fingerprint density at radius 1 is 1.05 bits per heavy atom. The topological polar surface area (TPSA) is 9.23 Å². The van der Waals surface area contributed by atoms with E-state index in [1.807, 2.05) is 11.8 Å². The lowest BCUT2D eigenvalue weighted by Gasteiger charge is -2.16. The highest BCUT2D eigenvalue weighted by atomic mass is 32.2. The van der Waals surface area contributed by atoms with Gasteiger partial charge in [-0.2, -0.15) is 0 Å². The summed E-state index contributed by atoms with van der Waals surface area (Å²) in [6.45, 7) is 7.19. The van der Waals surface area contributed by atoms with Gasteiger partial charge in [-0.05, 0) is 55.5 Å². The number of benzene rings is 2. The first kappa shape index (κ1) is 13.6. The number of thioether (sulfide) groups is 1. The van der Waals surface area contributed by atoms with Crippen LogP contribution < -0.4 is 4.74 Å². The predicted octanol–water partition coefficient (Wildman–Crippen LogP) is 4.71. The van der Waals surface area contributed by atoms with E-state index in [1.165, 1.54) is 27.1 Å². The zero-order chi connectivity index (χ0) is 14.1. The molecule has 0 amide bonds. The third kappa shape index (κ3) is 2.57. The quantitative estimate of drug-likeness (QED) is 0.807. The smallest absolute Gasteiger partial charge is 0.125 e. The van der Waals surface area contributed by atoms with Gasteiger partial charge in [-0.1, -0.05) is 30.3 Å². The fraction of sp³-hybridized carbons (Fsp3) is 0.333. The number of aryl methyl sites for hydroxylation is 2. The van der Waals surface area contributed by atoms with Gasteiger partial charge < -0.3 is 4.74 Å². The molecule has 1 heterocycles. The lowest BCUT2D eigenvalue weighted by molar-refractivity contribution is 0.313. The van der Waals surface area contributed by atoms with Crippen LogP contribution in [-0.2, 0) is 6.42 Å². The highest BCUT2D eigenvalue weighted by Crippen LogP contribution is 2.37. The third-order valence-electron chi connectivity index (χ3n) is 4.00. The molecular formula is C18H20OS. The summed E-state index contributed by atoms with van der Waals surface area (Å²) in [5, 5.41) is 0.534. The summed E-state index contributed by atoms with van der Waals surface area (Å²) in [5.74, 6) is 1.07. The minimum Gasteiger partial charge on any atom is -0.492 e. The molecule has 0 aromatic heterocycles. The number of hydrogen-bond donors (Lipinski definition) is 0. The number of rotatable bonds is 3. The molecule has 0 aliphatic carbocycles. The van der Waals surface area contributed by atoms with E-state index in [4.69, 9.17) is 4.74 Å². The van der Waals surface area contributed by atoms with Gasteiger partial charge in [0.05, 0.1) is 0 Å². The fourth-order valence-electron chi connectivity index (χ4n) is 2.67. The Hall–Kier alpha value is -1.41. The van der Waals surface area contributed by atoms with E-state index in [-0.39, 0.29) is 0 Å². The average Bonchev–Trinajstić information content (AvgIpc) is 2.86. The molecule has 0 saturated heterocycles. The molecule has 0 spiro atoms. The van der Waals surface area contributed by atoms with Crippen molar-refractivity contribution in [3.8, 4) is 5.75 Å². The minimum absolute atomic E-state index is 0.534. The summed E-state index contributed by atoms with van der Waals surface area (Å²) >= 11 is 1.95. The van der Waals surface area contributed by atoms with E-state index in [1.54, 1.807) is 0 Å². The van der Waals surface area contributed by atoms with Crippen molar-refractivity contribution in [1.82, 2.24) is 0 Å². The summed E-state index contributed by atoms with van der Waals surface area (Å²) < 4.78 is 6.14. The van der Waals surface area contributed by atoms with Gasteiger partial charge in [0.25, 0.3) is 0 Å². The van der Waals surface area contributed by atoms with E-state index in [0.29, 0.717) is 5.25 Å². The van der Waals surface area contributed by atoms with Gasteiger partial charge in [-0.3, -0.25) is 0 Å². The van der Waals surface area contributed by atoms with Crippen molar-refractivity contribution in [3.05, 3.63) is 58.7 Å². The second kappa shape index (κ2) is 5.53. The summed E-state index contributed by atoms with van der Waals surface area (Å²) in [5.41, 5.74) is 5.26. The lowest BCUT2D eigenvalue weighted by atomic mass is 10.1. The van der Waals surface area contributed by atoms with Crippen LogP contribution in [0.4, 0.5) is 0 Å². The molecule has 104 valence electrons. The van der Waals surface area contributed by atoms with Crippen molar-refractivity contribution in [1.29, 1.82) is 0 Å². The molecule has 1 aliphatic rings. The molecular weight excluding hydrogens is 264 g/mol. The lowest BCUT2D eigenvalue weighted by Crippen LogP contribution is -2.14. The summed E-state index contributed by atoms with van der Waals surface area (Å²) in [4.78, 5) is 1.42. The van der Waals surface area contributed by atoms with Gasteiger partial charge in [0.15, 0.2) is 0 Å². The van der Waals surface area contributed by atoms with Gasteiger partial charge in [-0.15, -0.1) is 11.8 Å². The zero-order valence-corrected chi connectivity index (χ0v) is 13.1. The molecule has 1 atom stereocenters. The summed E-state index contributed by atoms with van der Waals surface area (Å²) in [6, 6.07) is 13.0. The first-order valence-electron chi connectivity index (χ1n) is 7.09. The van der Waals surface area contributed by atoms with Crippen LogP contribution >= 0.6 is 11.8 Å². The molecule has 0 fully saturated rings. The van der Waals surface area contributed by atoms with Crippen LogP contribution in [0.1, 0.15) is 22.3 Å². The van der Waals surface area contributed by atoms with E-state index < -0.39 is 0 Å². The monoisotopic (exact) mass is 284 g/mol.